The van der Waals surface area contributed by atoms with Gasteiger partial charge in [-0.2, -0.15) is 4.98 Å². The highest BCUT2D eigenvalue weighted by atomic mass is 16.5. The summed E-state index contributed by atoms with van der Waals surface area (Å²) in [5, 5.41) is 4.00. The van der Waals surface area contributed by atoms with Gasteiger partial charge in [0.2, 0.25) is 11.8 Å². The zero-order valence-electron chi connectivity index (χ0n) is 12.0. The van der Waals surface area contributed by atoms with Crippen molar-refractivity contribution in [2.24, 2.45) is 5.73 Å². The predicted octanol–water partition coefficient (Wildman–Crippen LogP) is 1.90. The molecule has 2 aromatic rings. The number of nitrogens with zero attached hydrogens (tertiary/aromatic N) is 3. The molecule has 108 valence electrons. The minimum absolute atomic E-state index is 0.00375. The summed E-state index contributed by atoms with van der Waals surface area (Å²) in [5.74, 6) is 1.95. The van der Waals surface area contributed by atoms with Crippen LogP contribution in [0.25, 0.3) is 0 Å². The Morgan fingerprint density at radius 2 is 2.20 bits per heavy atom. The number of aromatic nitrogens is 3. The van der Waals surface area contributed by atoms with Crippen LogP contribution in [0.2, 0.25) is 0 Å². The van der Waals surface area contributed by atoms with Gasteiger partial charge in [0.25, 0.3) is 0 Å². The number of methoxy groups -OCH3 is 1. The van der Waals surface area contributed by atoms with Crippen molar-refractivity contribution in [2.45, 2.75) is 38.6 Å². The topological polar surface area (TPSA) is 87.1 Å². The predicted molar refractivity (Wildman–Crippen MR) is 74.6 cm³/mol. The fraction of sp³-hybridized carbons (Fsp3) is 0.500. The Hall–Kier alpha value is -1.95. The van der Waals surface area contributed by atoms with Crippen LogP contribution in [0.1, 0.15) is 43.5 Å². The molecule has 0 amide bonds. The number of rotatable bonds is 6. The van der Waals surface area contributed by atoms with E-state index in [9.17, 15) is 0 Å². The third-order valence-electron chi connectivity index (χ3n) is 3.24. The van der Waals surface area contributed by atoms with Crippen molar-refractivity contribution in [3.63, 3.8) is 0 Å². The number of hydrogen-bond donors (Lipinski definition) is 1. The SMILES string of the molecule is CCC(c1nc(Cc2ccc(OC)nc2)no1)C(C)N. The van der Waals surface area contributed by atoms with Crippen LogP contribution in [0, 0.1) is 0 Å². The normalized spacial score (nSPS) is 14.0. The number of ether oxygens (including phenoxy) is 1. The Morgan fingerprint density at radius 1 is 1.40 bits per heavy atom. The van der Waals surface area contributed by atoms with Gasteiger partial charge >= 0.3 is 0 Å². The Morgan fingerprint density at radius 3 is 2.75 bits per heavy atom. The van der Waals surface area contributed by atoms with Crippen LogP contribution >= 0.6 is 0 Å². The first-order valence-corrected chi connectivity index (χ1v) is 6.71. The Balaban J connectivity index is 2.08. The zero-order valence-corrected chi connectivity index (χ0v) is 12.0. The molecule has 2 aromatic heterocycles. The quantitative estimate of drug-likeness (QED) is 0.867. The van der Waals surface area contributed by atoms with Crippen molar-refractivity contribution in [3.8, 4) is 5.88 Å². The summed E-state index contributed by atoms with van der Waals surface area (Å²) in [5.41, 5.74) is 6.93. The zero-order chi connectivity index (χ0) is 14.5. The van der Waals surface area contributed by atoms with Crippen LogP contribution in [0.4, 0.5) is 0 Å². The van der Waals surface area contributed by atoms with Crippen molar-refractivity contribution >= 4 is 0 Å². The second kappa shape index (κ2) is 6.47. The highest BCUT2D eigenvalue weighted by molar-refractivity contribution is 5.20. The molecule has 2 unspecified atom stereocenters. The van der Waals surface area contributed by atoms with E-state index in [-0.39, 0.29) is 12.0 Å². The van der Waals surface area contributed by atoms with E-state index < -0.39 is 0 Å². The van der Waals surface area contributed by atoms with Gasteiger partial charge in [-0.1, -0.05) is 18.1 Å². The van der Waals surface area contributed by atoms with E-state index in [2.05, 4.69) is 22.0 Å². The van der Waals surface area contributed by atoms with Crippen molar-refractivity contribution in [1.82, 2.24) is 15.1 Å². The molecule has 2 atom stereocenters. The maximum absolute atomic E-state index is 5.92. The van der Waals surface area contributed by atoms with Crippen LogP contribution in [-0.2, 0) is 6.42 Å². The summed E-state index contributed by atoms with van der Waals surface area (Å²) in [6.07, 6.45) is 3.21. The number of nitrogens with two attached hydrogens (primary N) is 1. The Labute approximate surface area is 118 Å². The van der Waals surface area contributed by atoms with E-state index >= 15 is 0 Å². The second-order valence-electron chi connectivity index (χ2n) is 4.81. The van der Waals surface area contributed by atoms with Crippen molar-refractivity contribution < 1.29 is 9.26 Å². The summed E-state index contributed by atoms with van der Waals surface area (Å²) in [4.78, 5) is 8.57. The van der Waals surface area contributed by atoms with Crippen LogP contribution in [0.3, 0.4) is 0 Å². The molecule has 0 aliphatic rings. The van der Waals surface area contributed by atoms with E-state index in [1.807, 2.05) is 19.1 Å². The molecule has 0 aliphatic carbocycles. The lowest BCUT2D eigenvalue weighted by Gasteiger charge is -2.13. The highest BCUT2D eigenvalue weighted by Crippen LogP contribution is 2.21. The lowest BCUT2D eigenvalue weighted by atomic mass is 9.99. The fourth-order valence-electron chi connectivity index (χ4n) is 2.08. The average Bonchev–Trinajstić information content (AvgIpc) is 2.88. The van der Waals surface area contributed by atoms with E-state index in [1.54, 1.807) is 13.3 Å². The summed E-state index contributed by atoms with van der Waals surface area (Å²) in [6, 6.07) is 3.74. The molecule has 20 heavy (non-hydrogen) atoms. The van der Waals surface area contributed by atoms with Gasteiger partial charge in [0.1, 0.15) is 0 Å². The standard InChI is InChI=1S/C14H20N4O2/c1-4-11(9(2)15)14-17-12(18-20-14)7-10-5-6-13(19-3)16-8-10/h5-6,8-9,11H,4,7,15H2,1-3H3. The van der Waals surface area contributed by atoms with Gasteiger partial charge in [-0.25, -0.2) is 4.98 Å². The summed E-state index contributed by atoms with van der Waals surface area (Å²) in [7, 11) is 1.59. The molecular weight excluding hydrogens is 256 g/mol. The molecule has 0 aliphatic heterocycles. The minimum atomic E-state index is -0.00375. The molecule has 6 nitrogen and oxygen atoms in total. The van der Waals surface area contributed by atoms with Gasteiger partial charge in [-0.3, -0.25) is 0 Å². The maximum Gasteiger partial charge on any atom is 0.231 e. The third-order valence-corrected chi connectivity index (χ3v) is 3.24. The number of pyridine rings is 1. The molecule has 0 bridgehead atoms. The Bertz CT molecular complexity index is 536. The molecule has 2 heterocycles. The number of hydrogen-bond acceptors (Lipinski definition) is 6. The molecule has 0 aromatic carbocycles. The van der Waals surface area contributed by atoms with E-state index in [0.717, 1.165) is 12.0 Å². The van der Waals surface area contributed by atoms with Crippen molar-refractivity contribution in [1.29, 1.82) is 0 Å². The van der Waals surface area contributed by atoms with Gasteiger partial charge in [-0.05, 0) is 18.9 Å². The molecular formula is C14H20N4O2. The van der Waals surface area contributed by atoms with Gasteiger partial charge in [0, 0.05) is 24.7 Å². The molecule has 2 N–H and O–H groups in total. The molecule has 0 fully saturated rings. The molecule has 0 saturated heterocycles. The largest absolute Gasteiger partial charge is 0.481 e. The third kappa shape index (κ3) is 3.33. The van der Waals surface area contributed by atoms with Crippen LogP contribution in [0.15, 0.2) is 22.9 Å². The first-order chi connectivity index (χ1) is 9.63. The smallest absolute Gasteiger partial charge is 0.231 e. The fourth-order valence-corrected chi connectivity index (χ4v) is 2.08. The van der Waals surface area contributed by atoms with Gasteiger partial charge < -0.3 is 15.0 Å². The summed E-state index contributed by atoms with van der Waals surface area (Å²) >= 11 is 0. The summed E-state index contributed by atoms with van der Waals surface area (Å²) in [6.45, 7) is 4.01. The molecule has 6 heteroatoms. The van der Waals surface area contributed by atoms with Crippen LogP contribution < -0.4 is 10.5 Å². The van der Waals surface area contributed by atoms with Gasteiger partial charge in [0.15, 0.2) is 5.82 Å². The van der Waals surface area contributed by atoms with Gasteiger partial charge in [-0.15, -0.1) is 0 Å². The van der Waals surface area contributed by atoms with Crippen molar-refractivity contribution in [3.05, 3.63) is 35.6 Å². The van der Waals surface area contributed by atoms with E-state index in [1.165, 1.54) is 0 Å². The second-order valence-corrected chi connectivity index (χ2v) is 4.81. The first kappa shape index (κ1) is 14.5. The lowest BCUT2D eigenvalue weighted by molar-refractivity contribution is 0.331. The molecule has 0 spiro atoms. The van der Waals surface area contributed by atoms with Gasteiger partial charge in [0.05, 0.1) is 13.0 Å². The maximum atomic E-state index is 5.92. The lowest BCUT2D eigenvalue weighted by Crippen LogP contribution is -2.24. The first-order valence-electron chi connectivity index (χ1n) is 6.71. The summed E-state index contributed by atoms with van der Waals surface area (Å²) < 4.78 is 10.3. The van der Waals surface area contributed by atoms with Crippen molar-refractivity contribution in [2.75, 3.05) is 7.11 Å². The molecule has 0 saturated carbocycles. The highest BCUT2D eigenvalue weighted by Gasteiger charge is 2.21. The Kier molecular flexibility index (Phi) is 4.68. The minimum Gasteiger partial charge on any atom is -0.481 e. The molecule has 2 rings (SSSR count). The van der Waals surface area contributed by atoms with Crippen LogP contribution in [0.5, 0.6) is 5.88 Å². The van der Waals surface area contributed by atoms with E-state index in [4.69, 9.17) is 15.0 Å². The molecule has 0 radical (unpaired) electrons. The average molecular weight is 276 g/mol. The van der Waals surface area contributed by atoms with E-state index in [0.29, 0.717) is 24.0 Å². The van der Waals surface area contributed by atoms with Crippen LogP contribution in [-0.4, -0.2) is 28.3 Å². The monoisotopic (exact) mass is 276 g/mol.